The third-order valence-electron chi connectivity index (χ3n) is 4.07. The average Bonchev–Trinajstić information content (AvgIpc) is 2.67. The van der Waals surface area contributed by atoms with E-state index < -0.39 is 15.9 Å². The topological polar surface area (TPSA) is 112 Å². The fraction of sp³-hybridized carbons (Fsp3) is 0.167. The summed E-state index contributed by atoms with van der Waals surface area (Å²) in [5.74, 6) is -0.438. The van der Waals surface area contributed by atoms with Gasteiger partial charge in [0.05, 0.1) is 10.3 Å². The largest absolute Gasteiger partial charge is 0.347 e. The summed E-state index contributed by atoms with van der Waals surface area (Å²) in [4.78, 5) is 24.4. The number of hydrogen-bond donors (Lipinski definition) is 2. The first kappa shape index (κ1) is 18.7. The number of aromatic nitrogens is 2. The van der Waals surface area contributed by atoms with Crippen molar-refractivity contribution in [1.82, 2.24) is 19.8 Å². The summed E-state index contributed by atoms with van der Waals surface area (Å²) in [7, 11) is -0.568. The number of nitrogens with one attached hydrogen (secondary N) is 2. The molecule has 1 aromatic heterocycles. The van der Waals surface area contributed by atoms with E-state index in [1.165, 1.54) is 26.2 Å². The molecular weight excluding hydrogens is 368 g/mol. The van der Waals surface area contributed by atoms with Gasteiger partial charge < -0.3 is 5.32 Å². The van der Waals surface area contributed by atoms with Crippen LogP contribution in [-0.4, -0.2) is 42.9 Å². The highest BCUT2D eigenvalue weighted by atomic mass is 32.2. The molecule has 3 rings (SSSR count). The third-order valence-corrected chi connectivity index (χ3v) is 5.90. The lowest BCUT2D eigenvalue weighted by Gasteiger charge is -2.12. The predicted molar refractivity (Wildman–Crippen MR) is 101 cm³/mol. The van der Waals surface area contributed by atoms with Crippen LogP contribution in [0.15, 0.2) is 58.2 Å². The van der Waals surface area contributed by atoms with Crippen molar-refractivity contribution in [3.8, 4) is 0 Å². The molecule has 0 aliphatic carbocycles. The third kappa shape index (κ3) is 3.74. The Balaban J connectivity index is 1.77. The molecule has 0 saturated heterocycles. The van der Waals surface area contributed by atoms with Crippen molar-refractivity contribution >= 4 is 26.7 Å². The van der Waals surface area contributed by atoms with E-state index in [4.69, 9.17) is 0 Å². The molecule has 0 fully saturated rings. The normalized spacial score (nSPS) is 11.7. The van der Waals surface area contributed by atoms with Crippen LogP contribution in [0.3, 0.4) is 0 Å². The maximum absolute atomic E-state index is 12.5. The molecule has 27 heavy (non-hydrogen) atoms. The van der Waals surface area contributed by atoms with Gasteiger partial charge >= 0.3 is 0 Å². The number of hydrogen-bond acceptors (Lipinski definition) is 5. The number of sulfonamides is 1. The lowest BCUT2D eigenvalue weighted by atomic mass is 10.1. The van der Waals surface area contributed by atoms with Gasteiger partial charge in [0.1, 0.15) is 0 Å². The molecule has 1 heterocycles. The Hall–Kier alpha value is -3.04. The smallest absolute Gasteiger partial charge is 0.272 e. The molecule has 2 aromatic carbocycles. The zero-order valence-electron chi connectivity index (χ0n) is 14.8. The van der Waals surface area contributed by atoms with Crippen LogP contribution in [-0.2, 0) is 16.6 Å². The number of benzene rings is 2. The van der Waals surface area contributed by atoms with Gasteiger partial charge in [-0.1, -0.05) is 30.3 Å². The summed E-state index contributed by atoms with van der Waals surface area (Å²) in [5, 5.41) is 9.74. The van der Waals surface area contributed by atoms with Crippen LogP contribution in [0.1, 0.15) is 16.1 Å². The van der Waals surface area contributed by atoms with E-state index >= 15 is 0 Å². The van der Waals surface area contributed by atoms with E-state index in [2.05, 4.69) is 15.5 Å². The van der Waals surface area contributed by atoms with Gasteiger partial charge in [-0.3, -0.25) is 9.59 Å². The maximum Gasteiger partial charge on any atom is 0.272 e. The first-order chi connectivity index (χ1) is 12.8. The summed E-state index contributed by atoms with van der Waals surface area (Å²) < 4.78 is 25.3. The van der Waals surface area contributed by atoms with Gasteiger partial charge in [0, 0.05) is 26.0 Å². The van der Waals surface area contributed by atoms with Gasteiger partial charge in [-0.25, -0.2) is 17.8 Å². The summed E-state index contributed by atoms with van der Waals surface area (Å²) in [6, 6.07) is 13.0. The van der Waals surface area contributed by atoms with Gasteiger partial charge in [-0.05, 0) is 23.8 Å². The second-order valence-electron chi connectivity index (χ2n) is 6.06. The van der Waals surface area contributed by atoms with Gasteiger partial charge in [-0.2, -0.15) is 5.10 Å². The van der Waals surface area contributed by atoms with Crippen molar-refractivity contribution in [2.75, 3.05) is 14.1 Å². The van der Waals surface area contributed by atoms with Crippen LogP contribution in [0.5, 0.6) is 0 Å². The molecule has 0 radical (unpaired) electrons. The molecule has 8 nitrogen and oxygen atoms in total. The number of H-pyrrole nitrogens is 1. The molecule has 2 N–H and O–H groups in total. The number of amides is 1. The summed E-state index contributed by atoms with van der Waals surface area (Å²) in [6.07, 6.45) is 0. The van der Waals surface area contributed by atoms with Crippen molar-refractivity contribution < 1.29 is 13.2 Å². The number of fused-ring (bicyclic) bond motifs is 1. The monoisotopic (exact) mass is 386 g/mol. The number of aromatic amines is 1. The van der Waals surface area contributed by atoms with Gasteiger partial charge in [0.15, 0.2) is 5.69 Å². The predicted octanol–water partition coefficient (Wildman–Crippen LogP) is 1.10. The summed E-state index contributed by atoms with van der Waals surface area (Å²) in [6.45, 7) is 0.191. The minimum Gasteiger partial charge on any atom is -0.347 e. The first-order valence-electron chi connectivity index (χ1n) is 8.08. The van der Waals surface area contributed by atoms with E-state index in [9.17, 15) is 18.0 Å². The van der Waals surface area contributed by atoms with Crippen molar-refractivity contribution in [3.63, 3.8) is 0 Å². The fourth-order valence-electron chi connectivity index (χ4n) is 2.54. The van der Waals surface area contributed by atoms with Crippen LogP contribution < -0.4 is 10.9 Å². The molecule has 0 aliphatic heterocycles. The Morgan fingerprint density at radius 3 is 2.33 bits per heavy atom. The van der Waals surface area contributed by atoms with Crippen molar-refractivity contribution in [3.05, 3.63) is 70.1 Å². The average molecular weight is 386 g/mol. The number of carbonyl (C=O) groups is 1. The van der Waals surface area contributed by atoms with Crippen LogP contribution in [0.2, 0.25) is 0 Å². The van der Waals surface area contributed by atoms with Crippen LogP contribution in [0.4, 0.5) is 0 Å². The summed E-state index contributed by atoms with van der Waals surface area (Å²) in [5.41, 5.74) is 0.492. The standard InChI is InChI=1S/C18H18N4O4S/c1-22(2)27(25,26)13-9-7-12(8-10-13)11-19-18(24)16-14-5-3-4-6-15(14)17(23)21-20-16/h3-10H,11H2,1-2H3,(H,19,24)(H,21,23). The molecule has 0 atom stereocenters. The molecule has 140 valence electrons. The molecular formula is C18H18N4O4S. The SMILES string of the molecule is CN(C)S(=O)(=O)c1ccc(CNC(=O)c2n[nH]c(=O)c3ccccc23)cc1. The van der Waals surface area contributed by atoms with E-state index in [0.29, 0.717) is 10.8 Å². The Kier molecular flexibility index (Phi) is 5.06. The number of carbonyl (C=O) groups excluding carboxylic acids is 1. The quantitative estimate of drug-likeness (QED) is 0.682. The Bertz CT molecular complexity index is 1150. The van der Waals surface area contributed by atoms with Crippen molar-refractivity contribution in [2.45, 2.75) is 11.4 Å². The van der Waals surface area contributed by atoms with Gasteiger partial charge in [-0.15, -0.1) is 0 Å². The molecule has 3 aromatic rings. The minimum atomic E-state index is -3.49. The van der Waals surface area contributed by atoms with Crippen LogP contribution in [0, 0.1) is 0 Å². The minimum absolute atomic E-state index is 0.122. The molecule has 0 unspecified atom stereocenters. The van der Waals surface area contributed by atoms with Gasteiger partial charge in [0.25, 0.3) is 11.5 Å². The van der Waals surface area contributed by atoms with E-state index in [1.54, 1.807) is 36.4 Å². The molecule has 0 spiro atoms. The van der Waals surface area contributed by atoms with Crippen molar-refractivity contribution in [1.29, 1.82) is 0 Å². The highest BCUT2D eigenvalue weighted by Gasteiger charge is 2.17. The van der Waals surface area contributed by atoms with Gasteiger partial charge in [0.2, 0.25) is 10.0 Å². The second kappa shape index (κ2) is 7.29. The van der Waals surface area contributed by atoms with Crippen LogP contribution in [0.25, 0.3) is 10.8 Å². The Morgan fingerprint density at radius 2 is 1.70 bits per heavy atom. The lowest BCUT2D eigenvalue weighted by Crippen LogP contribution is -2.26. The molecule has 9 heteroatoms. The van der Waals surface area contributed by atoms with Crippen molar-refractivity contribution in [2.24, 2.45) is 0 Å². The van der Waals surface area contributed by atoms with E-state index in [1.807, 2.05) is 0 Å². The van der Waals surface area contributed by atoms with E-state index in [0.717, 1.165) is 9.87 Å². The second-order valence-corrected chi connectivity index (χ2v) is 8.21. The zero-order valence-corrected chi connectivity index (χ0v) is 15.6. The Morgan fingerprint density at radius 1 is 1.07 bits per heavy atom. The number of rotatable bonds is 5. The molecule has 0 saturated carbocycles. The Labute approximate surface area is 155 Å². The highest BCUT2D eigenvalue weighted by molar-refractivity contribution is 7.89. The lowest BCUT2D eigenvalue weighted by molar-refractivity contribution is 0.0946. The highest BCUT2D eigenvalue weighted by Crippen LogP contribution is 2.15. The fourth-order valence-corrected chi connectivity index (χ4v) is 3.45. The maximum atomic E-state index is 12.5. The summed E-state index contributed by atoms with van der Waals surface area (Å²) >= 11 is 0. The first-order valence-corrected chi connectivity index (χ1v) is 9.52. The molecule has 0 aliphatic rings. The molecule has 1 amide bonds. The van der Waals surface area contributed by atoms with Crippen LogP contribution >= 0.6 is 0 Å². The van der Waals surface area contributed by atoms with E-state index in [-0.39, 0.29) is 22.7 Å². The zero-order chi connectivity index (χ0) is 19.6. The molecule has 0 bridgehead atoms. The number of nitrogens with zero attached hydrogens (tertiary/aromatic N) is 2.